The van der Waals surface area contributed by atoms with E-state index in [0.717, 1.165) is 6.42 Å². The SMILES string of the molecule is CCC=CCCOc1c(O)c2ccc(OC)cc2oc1=O. The molecule has 0 fully saturated rings. The van der Waals surface area contributed by atoms with Gasteiger partial charge in [-0.1, -0.05) is 19.1 Å². The second kappa shape index (κ2) is 6.83. The minimum absolute atomic E-state index is 0.155. The first kappa shape index (κ1) is 15.0. The van der Waals surface area contributed by atoms with Crippen molar-refractivity contribution in [2.45, 2.75) is 19.8 Å². The molecule has 0 aliphatic heterocycles. The van der Waals surface area contributed by atoms with Crippen LogP contribution in [0.3, 0.4) is 0 Å². The second-order valence-corrected chi connectivity index (χ2v) is 4.45. The van der Waals surface area contributed by atoms with Crippen LogP contribution in [-0.2, 0) is 0 Å². The molecule has 0 amide bonds. The molecule has 5 nitrogen and oxygen atoms in total. The zero-order valence-corrected chi connectivity index (χ0v) is 12.1. The van der Waals surface area contributed by atoms with Gasteiger partial charge in [0.25, 0.3) is 0 Å². The number of methoxy groups -OCH3 is 1. The van der Waals surface area contributed by atoms with Gasteiger partial charge in [0.15, 0.2) is 5.75 Å². The molecule has 0 atom stereocenters. The van der Waals surface area contributed by atoms with Crippen molar-refractivity contribution in [1.29, 1.82) is 0 Å². The summed E-state index contributed by atoms with van der Waals surface area (Å²) in [5.41, 5.74) is -0.442. The zero-order valence-electron chi connectivity index (χ0n) is 12.1. The minimum atomic E-state index is -0.701. The second-order valence-electron chi connectivity index (χ2n) is 4.45. The highest BCUT2D eigenvalue weighted by atomic mass is 16.5. The van der Waals surface area contributed by atoms with E-state index in [4.69, 9.17) is 13.9 Å². The Morgan fingerprint density at radius 2 is 2.14 bits per heavy atom. The Labute approximate surface area is 122 Å². The summed E-state index contributed by atoms with van der Waals surface area (Å²) in [6, 6.07) is 4.84. The van der Waals surface area contributed by atoms with Gasteiger partial charge in [0, 0.05) is 6.07 Å². The van der Waals surface area contributed by atoms with Gasteiger partial charge in [-0.2, -0.15) is 0 Å². The van der Waals surface area contributed by atoms with E-state index in [1.165, 1.54) is 7.11 Å². The summed E-state index contributed by atoms with van der Waals surface area (Å²) in [6.07, 6.45) is 5.58. The van der Waals surface area contributed by atoms with Gasteiger partial charge in [0.1, 0.15) is 11.3 Å². The highest BCUT2D eigenvalue weighted by molar-refractivity contribution is 5.86. The van der Waals surface area contributed by atoms with Crippen LogP contribution in [0.15, 0.2) is 39.6 Å². The molecule has 2 aromatic rings. The molecule has 0 bridgehead atoms. The molecule has 0 spiro atoms. The standard InChI is InChI=1S/C16H18O5/c1-3-4-5-6-9-20-15-14(17)12-8-7-11(19-2)10-13(12)21-16(15)18/h4-5,7-8,10,17H,3,6,9H2,1-2H3. The number of hydrogen-bond donors (Lipinski definition) is 1. The van der Waals surface area contributed by atoms with Gasteiger partial charge in [0.2, 0.25) is 5.75 Å². The van der Waals surface area contributed by atoms with Gasteiger partial charge in [-0.3, -0.25) is 0 Å². The van der Waals surface area contributed by atoms with Crippen LogP contribution in [0, 0.1) is 0 Å². The normalized spacial score (nSPS) is 11.1. The smallest absolute Gasteiger partial charge is 0.383 e. The van der Waals surface area contributed by atoms with Crippen molar-refractivity contribution >= 4 is 11.0 Å². The highest BCUT2D eigenvalue weighted by Crippen LogP contribution is 2.33. The first-order valence-corrected chi connectivity index (χ1v) is 6.79. The average Bonchev–Trinajstić information content (AvgIpc) is 2.49. The lowest BCUT2D eigenvalue weighted by Crippen LogP contribution is -2.08. The monoisotopic (exact) mass is 290 g/mol. The Balaban J connectivity index is 2.28. The third-order valence-corrected chi connectivity index (χ3v) is 2.98. The molecule has 1 heterocycles. The number of ether oxygens (including phenoxy) is 2. The highest BCUT2D eigenvalue weighted by Gasteiger charge is 2.15. The molecule has 112 valence electrons. The average molecular weight is 290 g/mol. The maximum Gasteiger partial charge on any atom is 0.383 e. The fourth-order valence-electron chi connectivity index (χ4n) is 1.92. The molecule has 21 heavy (non-hydrogen) atoms. The van der Waals surface area contributed by atoms with E-state index in [9.17, 15) is 9.90 Å². The van der Waals surface area contributed by atoms with Crippen LogP contribution >= 0.6 is 0 Å². The van der Waals surface area contributed by atoms with Crippen LogP contribution in [0.5, 0.6) is 17.2 Å². The lowest BCUT2D eigenvalue weighted by Gasteiger charge is -2.08. The first-order valence-electron chi connectivity index (χ1n) is 6.79. The van der Waals surface area contributed by atoms with E-state index in [0.29, 0.717) is 24.2 Å². The Bertz CT molecular complexity index is 700. The maximum atomic E-state index is 11.9. The summed E-state index contributed by atoms with van der Waals surface area (Å²) in [5, 5.41) is 10.6. The number of benzene rings is 1. The van der Waals surface area contributed by atoms with E-state index in [-0.39, 0.29) is 17.1 Å². The molecule has 1 aromatic carbocycles. The van der Waals surface area contributed by atoms with E-state index >= 15 is 0 Å². The van der Waals surface area contributed by atoms with Gasteiger partial charge < -0.3 is 19.0 Å². The molecule has 0 unspecified atom stereocenters. The fourth-order valence-corrected chi connectivity index (χ4v) is 1.92. The minimum Gasteiger partial charge on any atom is -0.504 e. The molecule has 0 radical (unpaired) electrons. The van der Waals surface area contributed by atoms with E-state index in [1.54, 1.807) is 18.2 Å². The van der Waals surface area contributed by atoms with Gasteiger partial charge in [-0.05, 0) is 25.0 Å². The number of allylic oxidation sites excluding steroid dienone is 1. The van der Waals surface area contributed by atoms with Gasteiger partial charge in [-0.25, -0.2) is 4.79 Å². The van der Waals surface area contributed by atoms with Crippen LogP contribution < -0.4 is 15.1 Å². The Morgan fingerprint density at radius 1 is 1.33 bits per heavy atom. The number of fused-ring (bicyclic) bond motifs is 1. The largest absolute Gasteiger partial charge is 0.504 e. The van der Waals surface area contributed by atoms with Crippen molar-refractivity contribution in [1.82, 2.24) is 0 Å². The fraction of sp³-hybridized carbons (Fsp3) is 0.312. The molecule has 0 saturated carbocycles. The Hall–Kier alpha value is -2.43. The Kier molecular flexibility index (Phi) is 4.87. The van der Waals surface area contributed by atoms with Crippen molar-refractivity contribution in [3.8, 4) is 17.2 Å². The number of aromatic hydroxyl groups is 1. The third kappa shape index (κ3) is 3.37. The summed E-state index contributed by atoms with van der Waals surface area (Å²) in [7, 11) is 1.51. The van der Waals surface area contributed by atoms with Gasteiger partial charge in [0.05, 0.1) is 19.1 Å². The van der Waals surface area contributed by atoms with Gasteiger partial charge >= 0.3 is 5.63 Å². The van der Waals surface area contributed by atoms with Crippen molar-refractivity contribution < 1.29 is 19.0 Å². The Morgan fingerprint density at radius 3 is 2.86 bits per heavy atom. The van der Waals surface area contributed by atoms with Crippen LogP contribution in [0.4, 0.5) is 0 Å². The number of hydrogen-bond acceptors (Lipinski definition) is 5. The molecule has 5 heteroatoms. The van der Waals surface area contributed by atoms with E-state index < -0.39 is 5.63 Å². The molecule has 0 aliphatic carbocycles. The number of rotatable bonds is 6. The topological polar surface area (TPSA) is 68.9 Å². The van der Waals surface area contributed by atoms with E-state index in [1.807, 2.05) is 19.1 Å². The predicted molar refractivity (Wildman–Crippen MR) is 80.2 cm³/mol. The molecule has 2 rings (SSSR count). The van der Waals surface area contributed by atoms with Crippen molar-refractivity contribution in [2.24, 2.45) is 0 Å². The summed E-state index contributed by atoms with van der Waals surface area (Å²) in [5.74, 6) is 0.185. The van der Waals surface area contributed by atoms with Gasteiger partial charge in [-0.15, -0.1) is 0 Å². The molecule has 1 aromatic heterocycles. The first-order chi connectivity index (χ1) is 10.2. The summed E-state index contributed by atoms with van der Waals surface area (Å²) >= 11 is 0. The summed E-state index contributed by atoms with van der Waals surface area (Å²) < 4.78 is 15.5. The quantitative estimate of drug-likeness (QED) is 0.502. The molecular formula is C16H18O5. The van der Waals surface area contributed by atoms with Crippen molar-refractivity contribution in [3.63, 3.8) is 0 Å². The molecular weight excluding hydrogens is 272 g/mol. The maximum absolute atomic E-state index is 11.9. The van der Waals surface area contributed by atoms with Crippen molar-refractivity contribution in [2.75, 3.05) is 13.7 Å². The van der Waals surface area contributed by atoms with E-state index in [2.05, 4.69) is 0 Å². The van der Waals surface area contributed by atoms with Crippen LogP contribution in [0.2, 0.25) is 0 Å². The van der Waals surface area contributed by atoms with Crippen LogP contribution in [-0.4, -0.2) is 18.8 Å². The van der Waals surface area contributed by atoms with Crippen LogP contribution in [0.1, 0.15) is 19.8 Å². The summed E-state index contributed by atoms with van der Waals surface area (Å²) in [4.78, 5) is 11.9. The zero-order chi connectivity index (χ0) is 15.2. The molecule has 0 aliphatic rings. The lowest BCUT2D eigenvalue weighted by molar-refractivity contribution is 0.290. The lowest BCUT2D eigenvalue weighted by atomic mass is 10.2. The van der Waals surface area contributed by atoms with Crippen molar-refractivity contribution in [3.05, 3.63) is 40.8 Å². The third-order valence-electron chi connectivity index (χ3n) is 2.98. The van der Waals surface area contributed by atoms with Crippen LogP contribution in [0.25, 0.3) is 11.0 Å². The molecule has 1 N–H and O–H groups in total. The molecule has 0 saturated heterocycles. The predicted octanol–water partition coefficient (Wildman–Crippen LogP) is 3.24. The summed E-state index contributed by atoms with van der Waals surface area (Å²) in [6.45, 7) is 2.34.